The number of aliphatic hydroxyl groups excluding tert-OH is 1. The van der Waals surface area contributed by atoms with Crippen molar-refractivity contribution in [3.8, 4) is 0 Å². The van der Waals surface area contributed by atoms with E-state index >= 15 is 0 Å². The molecule has 18 heavy (non-hydrogen) atoms. The summed E-state index contributed by atoms with van der Waals surface area (Å²) in [7, 11) is 0. The number of nitrogens with one attached hydrogen (secondary N) is 1. The Morgan fingerprint density at radius 2 is 1.83 bits per heavy atom. The van der Waals surface area contributed by atoms with Gasteiger partial charge >= 0.3 is 0 Å². The van der Waals surface area contributed by atoms with Crippen molar-refractivity contribution in [3.05, 3.63) is 0 Å². The van der Waals surface area contributed by atoms with Crippen LogP contribution in [-0.2, 0) is 4.74 Å². The first-order valence-electron chi connectivity index (χ1n) is 7.82. The molecule has 0 radical (unpaired) electrons. The highest BCUT2D eigenvalue weighted by Gasteiger charge is 2.31. The molecule has 3 nitrogen and oxygen atoms in total. The third-order valence-electron chi connectivity index (χ3n) is 4.67. The maximum atomic E-state index is 8.60. The predicted octanol–water partition coefficient (Wildman–Crippen LogP) is 2.33. The van der Waals surface area contributed by atoms with Crippen molar-refractivity contribution in [2.75, 3.05) is 26.4 Å². The molecule has 2 fully saturated rings. The molecule has 2 aliphatic rings. The summed E-state index contributed by atoms with van der Waals surface area (Å²) in [5, 5.41) is 12.3. The Morgan fingerprint density at radius 1 is 1.00 bits per heavy atom. The van der Waals surface area contributed by atoms with E-state index in [9.17, 15) is 0 Å². The second kappa shape index (κ2) is 8.13. The van der Waals surface area contributed by atoms with Crippen molar-refractivity contribution >= 4 is 0 Å². The molecule has 0 aromatic heterocycles. The van der Waals surface area contributed by atoms with Crippen molar-refractivity contribution in [1.29, 1.82) is 0 Å². The van der Waals surface area contributed by atoms with E-state index in [1.807, 2.05) is 0 Å². The van der Waals surface area contributed by atoms with Gasteiger partial charge in [-0.25, -0.2) is 0 Å². The lowest BCUT2D eigenvalue weighted by Crippen LogP contribution is -2.39. The molecule has 0 heterocycles. The first-order valence-corrected chi connectivity index (χ1v) is 7.82. The van der Waals surface area contributed by atoms with E-state index in [-0.39, 0.29) is 6.61 Å². The average molecular weight is 255 g/mol. The molecular weight excluding hydrogens is 226 g/mol. The minimum atomic E-state index is 0.138. The van der Waals surface area contributed by atoms with Crippen molar-refractivity contribution in [1.82, 2.24) is 5.32 Å². The molecule has 0 aromatic carbocycles. The number of ether oxygens (including phenoxy) is 1. The topological polar surface area (TPSA) is 41.5 Å². The maximum absolute atomic E-state index is 8.60. The highest BCUT2D eigenvalue weighted by atomic mass is 16.5. The van der Waals surface area contributed by atoms with Crippen LogP contribution < -0.4 is 5.32 Å². The second-order valence-electron chi connectivity index (χ2n) is 5.96. The standard InChI is InChI=1S/C15H29NO2/c17-9-11-18-10-3-8-16-15-7-6-13-4-1-2-5-14(13)12-15/h13-17H,1-12H2. The molecule has 0 saturated heterocycles. The zero-order valence-corrected chi connectivity index (χ0v) is 11.6. The summed E-state index contributed by atoms with van der Waals surface area (Å²) in [5.41, 5.74) is 0. The van der Waals surface area contributed by atoms with E-state index in [1.165, 1.54) is 44.9 Å². The van der Waals surface area contributed by atoms with Crippen molar-refractivity contribution in [3.63, 3.8) is 0 Å². The quantitative estimate of drug-likeness (QED) is 0.686. The molecule has 0 aliphatic heterocycles. The number of hydrogen-bond acceptors (Lipinski definition) is 3. The van der Waals surface area contributed by atoms with E-state index in [2.05, 4.69) is 5.32 Å². The average Bonchev–Trinajstić information content (AvgIpc) is 2.42. The molecule has 2 rings (SSSR count). The van der Waals surface area contributed by atoms with E-state index in [4.69, 9.17) is 9.84 Å². The smallest absolute Gasteiger partial charge is 0.0697 e. The number of hydrogen-bond donors (Lipinski definition) is 2. The zero-order valence-electron chi connectivity index (χ0n) is 11.6. The Hall–Kier alpha value is -0.120. The summed E-state index contributed by atoms with van der Waals surface area (Å²) in [6.45, 7) is 2.45. The molecule has 0 amide bonds. The fourth-order valence-corrected chi connectivity index (χ4v) is 3.71. The second-order valence-corrected chi connectivity index (χ2v) is 5.96. The van der Waals surface area contributed by atoms with Crippen LogP contribution in [0.15, 0.2) is 0 Å². The lowest BCUT2D eigenvalue weighted by Gasteiger charge is -2.39. The zero-order chi connectivity index (χ0) is 12.6. The lowest BCUT2D eigenvalue weighted by molar-refractivity contribution is 0.0888. The first kappa shape index (κ1) is 14.3. The molecular formula is C15H29NO2. The molecule has 3 atom stereocenters. The third-order valence-corrected chi connectivity index (χ3v) is 4.67. The van der Waals surface area contributed by atoms with E-state index in [0.717, 1.165) is 37.5 Å². The molecule has 0 spiro atoms. The molecule has 3 unspecified atom stereocenters. The minimum absolute atomic E-state index is 0.138. The fourth-order valence-electron chi connectivity index (χ4n) is 3.71. The molecule has 0 aromatic rings. The summed E-state index contributed by atoms with van der Waals surface area (Å²) in [6.07, 6.45) is 11.2. The molecule has 2 saturated carbocycles. The largest absolute Gasteiger partial charge is 0.394 e. The van der Waals surface area contributed by atoms with Crippen LogP contribution in [-0.4, -0.2) is 37.5 Å². The van der Waals surface area contributed by atoms with E-state index in [0.29, 0.717) is 6.61 Å². The Bertz CT molecular complexity index is 223. The van der Waals surface area contributed by atoms with Gasteiger partial charge in [-0.05, 0) is 44.1 Å². The van der Waals surface area contributed by atoms with Crippen molar-refractivity contribution < 1.29 is 9.84 Å². The summed E-state index contributed by atoms with van der Waals surface area (Å²) in [4.78, 5) is 0. The van der Waals surface area contributed by atoms with Crippen LogP contribution in [0.4, 0.5) is 0 Å². The Labute approximate surface area is 111 Å². The number of rotatable bonds is 7. The Balaban J connectivity index is 1.54. The van der Waals surface area contributed by atoms with Gasteiger partial charge in [-0.15, -0.1) is 0 Å². The highest BCUT2D eigenvalue weighted by Crippen LogP contribution is 2.40. The van der Waals surface area contributed by atoms with Gasteiger partial charge in [-0.1, -0.05) is 25.7 Å². The van der Waals surface area contributed by atoms with Crippen LogP contribution in [0.5, 0.6) is 0 Å². The summed E-state index contributed by atoms with van der Waals surface area (Å²) in [6, 6.07) is 0.752. The monoisotopic (exact) mass is 255 g/mol. The van der Waals surface area contributed by atoms with Gasteiger partial charge in [0.15, 0.2) is 0 Å². The van der Waals surface area contributed by atoms with Crippen molar-refractivity contribution in [2.24, 2.45) is 11.8 Å². The SMILES string of the molecule is OCCOCCCNC1CCC2CCCCC2C1. The van der Waals surface area contributed by atoms with Gasteiger partial charge < -0.3 is 15.2 Å². The first-order chi connectivity index (χ1) is 8.90. The van der Waals surface area contributed by atoms with Gasteiger partial charge in [-0.3, -0.25) is 0 Å². The van der Waals surface area contributed by atoms with E-state index < -0.39 is 0 Å². The van der Waals surface area contributed by atoms with Gasteiger partial charge in [0.25, 0.3) is 0 Å². The maximum Gasteiger partial charge on any atom is 0.0697 e. The molecule has 3 heteroatoms. The molecule has 0 bridgehead atoms. The molecule has 2 aliphatic carbocycles. The van der Waals surface area contributed by atoms with Crippen LogP contribution in [0.1, 0.15) is 51.4 Å². The third kappa shape index (κ3) is 4.52. The van der Waals surface area contributed by atoms with Crippen molar-refractivity contribution in [2.45, 2.75) is 57.4 Å². The van der Waals surface area contributed by atoms with Crippen LogP contribution in [0.2, 0.25) is 0 Å². The van der Waals surface area contributed by atoms with Gasteiger partial charge in [0, 0.05) is 12.6 Å². The van der Waals surface area contributed by atoms with Gasteiger partial charge in [-0.2, -0.15) is 0 Å². The van der Waals surface area contributed by atoms with Crippen LogP contribution >= 0.6 is 0 Å². The van der Waals surface area contributed by atoms with Crippen LogP contribution in [0, 0.1) is 11.8 Å². The van der Waals surface area contributed by atoms with Gasteiger partial charge in [0.05, 0.1) is 13.2 Å². The fraction of sp³-hybridized carbons (Fsp3) is 1.00. The van der Waals surface area contributed by atoms with Crippen LogP contribution in [0.3, 0.4) is 0 Å². The number of fused-ring (bicyclic) bond motifs is 1. The van der Waals surface area contributed by atoms with Gasteiger partial charge in [0.1, 0.15) is 0 Å². The number of aliphatic hydroxyl groups is 1. The molecule has 106 valence electrons. The van der Waals surface area contributed by atoms with Crippen LogP contribution in [0.25, 0.3) is 0 Å². The summed E-state index contributed by atoms with van der Waals surface area (Å²) in [5.74, 6) is 2.06. The highest BCUT2D eigenvalue weighted by molar-refractivity contribution is 4.86. The Kier molecular flexibility index (Phi) is 6.46. The summed E-state index contributed by atoms with van der Waals surface area (Å²) < 4.78 is 5.27. The lowest BCUT2D eigenvalue weighted by atomic mass is 9.69. The van der Waals surface area contributed by atoms with E-state index in [1.54, 1.807) is 0 Å². The summed E-state index contributed by atoms with van der Waals surface area (Å²) >= 11 is 0. The van der Waals surface area contributed by atoms with Gasteiger partial charge in [0.2, 0.25) is 0 Å². The minimum Gasteiger partial charge on any atom is -0.394 e. The predicted molar refractivity (Wildman–Crippen MR) is 73.6 cm³/mol. The Morgan fingerprint density at radius 3 is 2.67 bits per heavy atom. The molecule has 2 N–H and O–H groups in total. The normalized spacial score (nSPS) is 32.2.